The minimum Gasteiger partial charge on any atom is -0.375 e. The summed E-state index contributed by atoms with van der Waals surface area (Å²) in [7, 11) is 0. The van der Waals surface area contributed by atoms with Crippen LogP contribution in [-0.2, 0) is 4.74 Å². The zero-order valence-corrected chi connectivity index (χ0v) is 13.9. The Bertz CT molecular complexity index is 508. The number of nitrogens with zero attached hydrogens (tertiary/aromatic N) is 1. The van der Waals surface area contributed by atoms with Crippen molar-refractivity contribution in [3.8, 4) is 0 Å². The first-order chi connectivity index (χ1) is 11.1. The van der Waals surface area contributed by atoms with E-state index in [-0.39, 0.29) is 6.04 Å². The molecule has 1 heterocycles. The van der Waals surface area contributed by atoms with Gasteiger partial charge in [0, 0.05) is 19.1 Å². The highest BCUT2D eigenvalue weighted by atomic mass is 19.2. The van der Waals surface area contributed by atoms with E-state index in [0.29, 0.717) is 12.2 Å². The summed E-state index contributed by atoms with van der Waals surface area (Å²) in [5, 5.41) is 0. The second kappa shape index (κ2) is 7.71. The predicted octanol–water partition coefficient (Wildman–Crippen LogP) is 4.84. The molecule has 0 bridgehead atoms. The summed E-state index contributed by atoms with van der Waals surface area (Å²) in [4.78, 5) is 2.34. The summed E-state index contributed by atoms with van der Waals surface area (Å²) in [6.07, 6.45) is 9.28. The third kappa shape index (κ3) is 4.30. The molecular weight excluding hydrogens is 296 g/mol. The summed E-state index contributed by atoms with van der Waals surface area (Å²) in [6, 6.07) is 4.35. The maximum atomic E-state index is 13.4. The second-order valence-corrected chi connectivity index (χ2v) is 6.98. The minimum absolute atomic E-state index is 0.112. The number of piperidine rings is 1. The van der Waals surface area contributed by atoms with Crippen molar-refractivity contribution in [1.29, 1.82) is 0 Å². The Labute approximate surface area is 137 Å². The van der Waals surface area contributed by atoms with E-state index in [2.05, 4.69) is 11.8 Å². The highest BCUT2D eigenvalue weighted by molar-refractivity contribution is 5.21. The van der Waals surface area contributed by atoms with Crippen LogP contribution in [0.4, 0.5) is 8.78 Å². The molecule has 1 saturated heterocycles. The third-order valence-corrected chi connectivity index (χ3v) is 5.39. The van der Waals surface area contributed by atoms with E-state index >= 15 is 0 Å². The van der Waals surface area contributed by atoms with Crippen molar-refractivity contribution in [2.75, 3.05) is 13.1 Å². The van der Waals surface area contributed by atoms with Gasteiger partial charge in [0.2, 0.25) is 0 Å². The van der Waals surface area contributed by atoms with E-state index in [4.69, 9.17) is 4.74 Å². The van der Waals surface area contributed by atoms with Crippen molar-refractivity contribution >= 4 is 0 Å². The van der Waals surface area contributed by atoms with Gasteiger partial charge in [-0.3, -0.25) is 4.90 Å². The Kier molecular flexibility index (Phi) is 5.65. The standard InChI is InChI=1S/C19H27F2NO/c1-14(15-7-8-18(20)19(21)13-15)22-11-9-17(10-12-22)23-16-5-3-2-4-6-16/h7-8,13-14,16-17H,2-6,9-12H2,1H3. The highest BCUT2D eigenvalue weighted by Gasteiger charge is 2.26. The predicted molar refractivity (Wildman–Crippen MR) is 87.3 cm³/mol. The number of rotatable bonds is 4. The molecule has 0 amide bonds. The molecule has 1 aromatic rings. The lowest BCUT2D eigenvalue weighted by Gasteiger charge is -2.38. The van der Waals surface area contributed by atoms with Gasteiger partial charge in [-0.25, -0.2) is 8.78 Å². The molecule has 0 N–H and O–H groups in total. The van der Waals surface area contributed by atoms with Gasteiger partial charge in [0.15, 0.2) is 11.6 Å². The quantitative estimate of drug-likeness (QED) is 0.786. The Morgan fingerprint density at radius 1 is 0.957 bits per heavy atom. The fraction of sp³-hybridized carbons (Fsp3) is 0.684. The van der Waals surface area contributed by atoms with Crippen molar-refractivity contribution in [2.24, 2.45) is 0 Å². The van der Waals surface area contributed by atoms with Crippen molar-refractivity contribution in [3.63, 3.8) is 0 Å². The lowest BCUT2D eigenvalue weighted by molar-refractivity contribution is -0.0596. The fourth-order valence-electron chi connectivity index (χ4n) is 3.86. The first-order valence-electron chi connectivity index (χ1n) is 8.98. The summed E-state index contributed by atoms with van der Waals surface area (Å²) >= 11 is 0. The Hall–Kier alpha value is -1.00. The third-order valence-electron chi connectivity index (χ3n) is 5.39. The van der Waals surface area contributed by atoms with Crippen molar-refractivity contribution in [1.82, 2.24) is 4.90 Å². The van der Waals surface area contributed by atoms with Gasteiger partial charge >= 0.3 is 0 Å². The molecule has 4 heteroatoms. The maximum Gasteiger partial charge on any atom is 0.159 e. The molecule has 1 atom stereocenters. The molecule has 1 aliphatic carbocycles. The number of benzene rings is 1. The van der Waals surface area contributed by atoms with Gasteiger partial charge in [-0.1, -0.05) is 25.3 Å². The number of ether oxygens (including phenoxy) is 1. The first kappa shape index (κ1) is 16.8. The topological polar surface area (TPSA) is 12.5 Å². The van der Waals surface area contributed by atoms with Gasteiger partial charge < -0.3 is 4.74 Å². The van der Waals surface area contributed by atoms with Gasteiger partial charge in [-0.2, -0.15) is 0 Å². The monoisotopic (exact) mass is 323 g/mol. The van der Waals surface area contributed by atoms with Gasteiger partial charge in [-0.05, 0) is 50.3 Å². The second-order valence-electron chi connectivity index (χ2n) is 6.98. The summed E-state index contributed by atoms with van der Waals surface area (Å²) < 4.78 is 32.8. The number of likely N-dealkylation sites (tertiary alicyclic amines) is 1. The average Bonchev–Trinajstić information content (AvgIpc) is 2.58. The highest BCUT2D eigenvalue weighted by Crippen LogP contribution is 2.28. The van der Waals surface area contributed by atoms with Crippen molar-refractivity contribution in [2.45, 2.75) is 70.1 Å². The van der Waals surface area contributed by atoms with E-state index in [0.717, 1.165) is 31.5 Å². The molecule has 0 aromatic heterocycles. The molecule has 2 aliphatic rings. The molecule has 1 aliphatic heterocycles. The molecule has 128 valence electrons. The van der Waals surface area contributed by atoms with Gasteiger partial charge in [0.1, 0.15) is 0 Å². The van der Waals surface area contributed by atoms with Crippen LogP contribution in [0.1, 0.15) is 63.5 Å². The van der Waals surface area contributed by atoms with E-state index < -0.39 is 11.6 Å². The molecule has 1 unspecified atom stereocenters. The first-order valence-corrected chi connectivity index (χ1v) is 8.98. The lowest BCUT2D eigenvalue weighted by Crippen LogP contribution is -2.40. The van der Waals surface area contributed by atoms with Crippen LogP contribution in [0.25, 0.3) is 0 Å². The fourth-order valence-corrected chi connectivity index (χ4v) is 3.86. The SMILES string of the molecule is CC(c1ccc(F)c(F)c1)N1CCC(OC2CCCCC2)CC1. The molecule has 3 rings (SSSR count). The average molecular weight is 323 g/mol. The molecule has 23 heavy (non-hydrogen) atoms. The summed E-state index contributed by atoms with van der Waals surface area (Å²) in [5.41, 5.74) is 0.843. The van der Waals surface area contributed by atoms with Crippen LogP contribution < -0.4 is 0 Å². The molecule has 0 spiro atoms. The molecule has 2 nitrogen and oxygen atoms in total. The van der Waals surface area contributed by atoms with E-state index in [1.807, 2.05) is 0 Å². The van der Waals surface area contributed by atoms with Crippen LogP contribution in [0.2, 0.25) is 0 Å². The van der Waals surface area contributed by atoms with Gasteiger partial charge in [-0.15, -0.1) is 0 Å². The zero-order chi connectivity index (χ0) is 16.2. The van der Waals surface area contributed by atoms with Gasteiger partial charge in [0.25, 0.3) is 0 Å². The van der Waals surface area contributed by atoms with Crippen LogP contribution >= 0.6 is 0 Å². The Morgan fingerprint density at radius 2 is 1.61 bits per heavy atom. The number of hydrogen-bond acceptors (Lipinski definition) is 2. The van der Waals surface area contributed by atoms with E-state index in [1.165, 1.54) is 44.2 Å². The minimum atomic E-state index is -0.777. The number of halogens is 2. The van der Waals surface area contributed by atoms with Crippen LogP contribution in [0, 0.1) is 11.6 Å². The summed E-state index contributed by atoms with van der Waals surface area (Å²) in [5.74, 6) is -1.54. The molecule has 1 saturated carbocycles. The Balaban J connectivity index is 1.50. The molecule has 0 radical (unpaired) electrons. The van der Waals surface area contributed by atoms with E-state index in [1.54, 1.807) is 6.07 Å². The van der Waals surface area contributed by atoms with Crippen LogP contribution in [0.3, 0.4) is 0 Å². The molecule has 1 aromatic carbocycles. The molecular formula is C19H27F2NO. The van der Waals surface area contributed by atoms with Crippen molar-refractivity contribution < 1.29 is 13.5 Å². The largest absolute Gasteiger partial charge is 0.375 e. The van der Waals surface area contributed by atoms with Crippen LogP contribution in [0.15, 0.2) is 18.2 Å². The number of hydrogen-bond donors (Lipinski definition) is 0. The zero-order valence-electron chi connectivity index (χ0n) is 13.9. The van der Waals surface area contributed by atoms with E-state index in [9.17, 15) is 8.78 Å². The maximum absolute atomic E-state index is 13.4. The van der Waals surface area contributed by atoms with Crippen LogP contribution in [-0.4, -0.2) is 30.2 Å². The molecule has 2 fully saturated rings. The normalized spacial score (nSPS) is 23.1. The Morgan fingerprint density at radius 3 is 2.26 bits per heavy atom. The van der Waals surface area contributed by atoms with Crippen LogP contribution in [0.5, 0.6) is 0 Å². The lowest BCUT2D eigenvalue weighted by atomic mass is 9.96. The van der Waals surface area contributed by atoms with Gasteiger partial charge in [0.05, 0.1) is 12.2 Å². The summed E-state index contributed by atoms with van der Waals surface area (Å²) in [6.45, 7) is 3.98. The van der Waals surface area contributed by atoms with Crippen molar-refractivity contribution in [3.05, 3.63) is 35.4 Å². The smallest absolute Gasteiger partial charge is 0.159 e.